The lowest BCUT2D eigenvalue weighted by molar-refractivity contribution is 0.490. The van der Waals surface area contributed by atoms with Gasteiger partial charge in [-0.3, -0.25) is 4.79 Å². The molecule has 5 aromatic rings. The maximum atomic E-state index is 13.3. The van der Waals surface area contributed by atoms with Crippen LogP contribution in [0.1, 0.15) is 5.76 Å². The van der Waals surface area contributed by atoms with E-state index in [-0.39, 0.29) is 5.56 Å². The molecule has 0 N–H and O–H groups in total. The van der Waals surface area contributed by atoms with Gasteiger partial charge < -0.3 is 8.98 Å². The predicted molar refractivity (Wildman–Crippen MR) is 101 cm³/mol. The van der Waals surface area contributed by atoms with Crippen LogP contribution in [-0.4, -0.2) is 24.1 Å². The maximum absolute atomic E-state index is 13.3. The van der Waals surface area contributed by atoms with Gasteiger partial charge in [-0.2, -0.15) is 14.6 Å². The summed E-state index contributed by atoms with van der Waals surface area (Å²) >= 11 is 6.43. The van der Waals surface area contributed by atoms with Crippen molar-refractivity contribution in [3.8, 4) is 11.3 Å². The highest BCUT2D eigenvalue weighted by molar-refractivity contribution is 6.33. The molecule has 0 amide bonds. The topological polar surface area (TPSA) is 78.2 Å². The van der Waals surface area contributed by atoms with Crippen LogP contribution in [0.4, 0.5) is 0 Å². The smallest absolute Gasteiger partial charge is 0.262 e. The molecule has 0 aliphatic rings. The lowest BCUT2D eigenvalue weighted by Gasteiger charge is -2.11. The lowest BCUT2D eigenvalue weighted by atomic mass is 10.1. The van der Waals surface area contributed by atoms with Crippen molar-refractivity contribution in [1.82, 2.24) is 24.1 Å². The van der Waals surface area contributed by atoms with Crippen molar-refractivity contribution in [2.45, 2.75) is 6.54 Å². The highest BCUT2D eigenvalue weighted by atomic mass is 35.5. The lowest BCUT2D eigenvalue weighted by Crippen LogP contribution is -2.21. The van der Waals surface area contributed by atoms with E-state index >= 15 is 0 Å². The van der Waals surface area contributed by atoms with Crippen LogP contribution in [0.25, 0.3) is 27.9 Å². The van der Waals surface area contributed by atoms with Gasteiger partial charge >= 0.3 is 0 Å². The van der Waals surface area contributed by atoms with E-state index < -0.39 is 0 Å². The fourth-order valence-corrected chi connectivity index (χ4v) is 3.39. The molecule has 0 radical (unpaired) electrons. The first-order valence-electron chi connectivity index (χ1n) is 8.22. The van der Waals surface area contributed by atoms with Gasteiger partial charge in [-0.25, -0.2) is 4.98 Å². The highest BCUT2D eigenvalue weighted by Gasteiger charge is 2.19. The second-order valence-electron chi connectivity index (χ2n) is 6.00. The van der Waals surface area contributed by atoms with E-state index in [1.807, 2.05) is 24.3 Å². The fraction of sp³-hybridized carbons (Fsp3) is 0.0526. The van der Waals surface area contributed by atoms with E-state index in [9.17, 15) is 4.79 Å². The summed E-state index contributed by atoms with van der Waals surface area (Å²) in [7, 11) is 0. The third kappa shape index (κ3) is 2.51. The number of fused-ring (bicyclic) bond motifs is 2. The van der Waals surface area contributed by atoms with Crippen LogP contribution in [0, 0.1) is 0 Å². The Kier molecular flexibility index (Phi) is 3.54. The van der Waals surface area contributed by atoms with Crippen molar-refractivity contribution in [3.05, 3.63) is 82.4 Å². The van der Waals surface area contributed by atoms with E-state index in [2.05, 4.69) is 15.1 Å². The van der Waals surface area contributed by atoms with E-state index in [0.29, 0.717) is 45.3 Å². The molecular weight excluding hydrogens is 366 g/mol. The molecule has 0 saturated heterocycles. The number of benzene rings is 1. The molecule has 0 atom stereocenters. The van der Waals surface area contributed by atoms with Crippen molar-refractivity contribution < 1.29 is 4.42 Å². The first kappa shape index (κ1) is 15.8. The normalized spacial score (nSPS) is 11.4. The molecular formula is C19H12ClN5O2. The second-order valence-corrected chi connectivity index (χ2v) is 6.41. The summed E-state index contributed by atoms with van der Waals surface area (Å²) in [4.78, 5) is 21.9. The van der Waals surface area contributed by atoms with Crippen LogP contribution in [0.3, 0.4) is 0 Å². The zero-order valence-electron chi connectivity index (χ0n) is 13.9. The molecule has 4 aromatic heterocycles. The van der Waals surface area contributed by atoms with Gasteiger partial charge in [-0.05, 0) is 24.3 Å². The summed E-state index contributed by atoms with van der Waals surface area (Å²) in [5.74, 6) is 1.09. The molecule has 0 saturated carbocycles. The maximum Gasteiger partial charge on any atom is 0.262 e. The number of aromatic nitrogens is 5. The minimum atomic E-state index is -0.205. The molecule has 5 rings (SSSR count). The predicted octanol–water partition coefficient (Wildman–Crippen LogP) is 3.40. The highest BCUT2D eigenvalue weighted by Crippen LogP contribution is 2.31. The number of hydrogen-bond acceptors (Lipinski definition) is 5. The summed E-state index contributed by atoms with van der Waals surface area (Å²) in [5.41, 5.74) is 1.58. The molecule has 0 spiro atoms. The molecule has 0 unspecified atom stereocenters. The van der Waals surface area contributed by atoms with Gasteiger partial charge in [-0.15, -0.1) is 0 Å². The Morgan fingerprint density at radius 3 is 2.81 bits per heavy atom. The quantitative estimate of drug-likeness (QED) is 0.481. The number of pyridine rings is 1. The molecule has 132 valence electrons. The van der Waals surface area contributed by atoms with Gasteiger partial charge in [0.25, 0.3) is 11.3 Å². The Morgan fingerprint density at radius 1 is 1.11 bits per heavy atom. The molecule has 1 aromatic carbocycles. The number of halogens is 1. The van der Waals surface area contributed by atoms with Crippen LogP contribution in [-0.2, 0) is 6.54 Å². The molecule has 27 heavy (non-hydrogen) atoms. The average molecular weight is 378 g/mol. The fourth-order valence-electron chi connectivity index (χ4n) is 3.16. The Bertz CT molecular complexity index is 1340. The first-order chi connectivity index (χ1) is 13.2. The number of furan rings is 1. The Balaban J connectivity index is 1.88. The van der Waals surface area contributed by atoms with E-state index in [1.54, 1.807) is 39.7 Å². The van der Waals surface area contributed by atoms with E-state index in [0.717, 1.165) is 0 Å². The Morgan fingerprint density at radius 2 is 2.00 bits per heavy atom. The van der Waals surface area contributed by atoms with Crippen LogP contribution >= 0.6 is 11.6 Å². The minimum absolute atomic E-state index is 0.205. The van der Waals surface area contributed by atoms with E-state index in [4.69, 9.17) is 16.0 Å². The molecule has 0 aliphatic carbocycles. The van der Waals surface area contributed by atoms with Crippen molar-refractivity contribution in [2.75, 3.05) is 0 Å². The average Bonchev–Trinajstić information content (AvgIpc) is 3.35. The zero-order chi connectivity index (χ0) is 18.4. The molecule has 8 heteroatoms. The van der Waals surface area contributed by atoms with Crippen LogP contribution in [0.5, 0.6) is 0 Å². The monoisotopic (exact) mass is 377 g/mol. The van der Waals surface area contributed by atoms with Crippen molar-refractivity contribution in [1.29, 1.82) is 0 Å². The van der Waals surface area contributed by atoms with E-state index in [1.165, 1.54) is 6.33 Å². The summed E-state index contributed by atoms with van der Waals surface area (Å²) in [5, 5.41) is 5.19. The standard InChI is InChI=1S/C19H12ClN5O2/c20-14-6-2-1-5-13(14)17-16-15(23-19-21-11-22-25(17)19)7-8-24(18(16)26)10-12-4-3-9-27-12/h1-9,11H,10H2. The van der Waals surface area contributed by atoms with Crippen molar-refractivity contribution in [3.63, 3.8) is 0 Å². The summed E-state index contributed by atoms with van der Waals surface area (Å²) < 4.78 is 8.49. The van der Waals surface area contributed by atoms with Crippen molar-refractivity contribution in [2.24, 2.45) is 0 Å². The summed E-state index contributed by atoms with van der Waals surface area (Å²) in [6.45, 7) is 0.319. The second kappa shape index (κ2) is 6.07. The van der Waals surface area contributed by atoms with Gasteiger partial charge in [0.1, 0.15) is 12.1 Å². The van der Waals surface area contributed by atoms with Crippen LogP contribution in [0.15, 0.2) is 70.5 Å². The minimum Gasteiger partial charge on any atom is -0.467 e. The van der Waals surface area contributed by atoms with Gasteiger partial charge in [0, 0.05) is 16.8 Å². The number of hydrogen-bond donors (Lipinski definition) is 0. The Hall–Kier alpha value is -3.45. The van der Waals surface area contributed by atoms with Gasteiger partial charge in [0.2, 0.25) is 0 Å². The van der Waals surface area contributed by atoms with Crippen molar-refractivity contribution >= 4 is 28.3 Å². The van der Waals surface area contributed by atoms with Gasteiger partial charge in [0.05, 0.1) is 29.4 Å². The molecule has 0 aliphatic heterocycles. The summed E-state index contributed by atoms with van der Waals surface area (Å²) in [6.07, 6.45) is 4.68. The largest absolute Gasteiger partial charge is 0.467 e. The van der Waals surface area contributed by atoms with Gasteiger partial charge in [-0.1, -0.05) is 29.8 Å². The van der Waals surface area contributed by atoms with Crippen LogP contribution < -0.4 is 5.56 Å². The number of nitrogens with zero attached hydrogens (tertiary/aromatic N) is 5. The van der Waals surface area contributed by atoms with Gasteiger partial charge in [0.15, 0.2) is 0 Å². The summed E-state index contributed by atoms with van der Waals surface area (Å²) in [6, 6.07) is 12.7. The third-order valence-corrected chi connectivity index (χ3v) is 4.71. The molecule has 4 heterocycles. The zero-order valence-corrected chi connectivity index (χ0v) is 14.7. The molecule has 0 bridgehead atoms. The Labute approximate surface area is 157 Å². The third-order valence-electron chi connectivity index (χ3n) is 4.38. The first-order valence-corrected chi connectivity index (χ1v) is 8.60. The molecule has 0 fully saturated rings. The molecule has 7 nitrogen and oxygen atoms in total. The SMILES string of the molecule is O=c1c2c(-c3ccccc3Cl)n3ncnc3nc2ccn1Cc1ccco1. The number of rotatable bonds is 3. The van der Waals surface area contributed by atoms with Crippen LogP contribution in [0.2, 0.25) is 5.02 Å².